The highest BCUT2D eigenvalue weighted by molar-refractivity contribution is 9.10. The van der Waals surface area contributed by atoms with E-state index in [-0.39, 0.29) is 12.6 Å². The third-order valence-corrected chi connectivity index (χ3v) is 3.70. The van der Waals surface area contributed by atoms with E-state index in [0.717, 1.165) is 4.47 Å². The van der Waals surface area contributed by atoms with Gasteiger partial charge in [0.25, 0.3) is 0 Å². The number of fused-ring (bicyclic) bond motifs is 1. The fourth-order valence-electron chi connectivity index (χ4n) is 2.24. The van der Waals surface area contributed by atoms with Crippen LogP contribution in [-0.2, 0) is 9.59 Å². The summed E-state index contributed by atoms with van der Waals surface area (Å²) in [5, 5.41) is 11.8. The van der Waals surface area contributed by atoms with Crippen LogP contribution in [0.5, 0.6) is 5.75 Å². The van der Waals surface area contributed by atoms with Gasteiger partial charge in [0.15, 0.2) is 11.7 Å². The maximum Gasteiger partial charge on any atom is 0.245 e. The van der Waals surface area contributed by atoms with Crippen molar-refractivity contribution in [3.8, 4) is 11.8 Å². The van der Waals surface area contributed by atoms with Gasteiger partial charge in [0.2, 0.25) is 5.91 Å². The summed E-state index contributed by atoms with van der Waals surface area (Å²) in [5.41, 5.74) is 0.715. The summed E-state index contributed by atoms with van der Waals surface area (Å²) in [6.45, 7) is 3.72. The van der Waals surface area contributed by atoms with E-state index < -0.39 is 23.5 Å². The number of ketones is 1. The summed E-state index contributed by atoms with van der Waals surface area (Å²) in [6, 6.07) is 7.05. The van der Waals surface area contributed by atoms with Crippen molar-refractivity contribution in [2.75, 3.05) is 6.61 Å². The second kappa shape index (κ2) is 6.27. The lowest BCUT2D eigenvalue weighted by Crippen LogP contribution is -2.40. The van der Waals surface area contributed by atoms with Crippen molar-refractivity contribution in [3.05, 3.63) is 28.2 Å². The van der Waals surface area contributed by atoms with Gasteiger partial charge in [-0.3, -0.25) is 9.59 Å². The van der Waals surface area contributed by atoms with E-state index in [9.17, 15) is 9.59 Å². The lowest BCUT2D eigenvalue weighted by Gasteiger charge is -2.15. The monoisotopic (exact) mass is 350 g/mol. The van der Waals surface area contributed by atoms with Gasteiger partial charge in [-0.05, 0) is 32.0 Å². The van der Waals surface area contributed by atoms with Crippen molar-refractivity contribution >= 4 is 27.6 Å². The van der Waals surface area contributed by atoms with Crippen LogP contribution in [-0.4, -0.2) is 24.3 Å². The van der Waals surface area contributed by atoms with Crippen LogP contribution >= 0.6 is 15.9 Å². The number of nitrogens with zero attached hydrogens (tertiary/aromatic N) is 1. The maximum atomic E-state index is 12.5. The largest absolute Gasteiger partial charge is 0.492 e. The normalized spacial score (nSPS) is 17.6. The van der Waals surface area contributed by atoms with Gasteiger partial charge in [-0.2, -0.15) is 5.26 Å². The van der Waals surface area contributed by atoms with Gasteiger partial charge in [0.1, 0.15) is 12.4 Å². The van der Waals surface area contributed by atoms with Crippen molar-refractivity contribution in [2.24, 2.45) is 5.92 Å². The number of hydrogen-bond donors (Lipinski definition) is 1. The zero-order chi connectivity index (χ0) is 15.6. The summed E-state index contributed by atoms with van der Waals surface area (Å²) in [5.74, 6) is -2.25. The Labute approximate surface area is 131 Å². The second-order valence-corrected chi connectivity index (χ2v) is 6.09. The van der Waals surface area contributed by atoms with Gasteiger partial charge in [-0.1, -0.05) is 15.9 Å². The number of rotatable bonds is 4. The molecule has 6 heteroatoms. The molecule has 1 aromatic rings. The summed E-state index contributed by atoms with van der Waals surface area (Å²) < 4.78 is 6.28. The van der Waals surface area contributed by atoms with Crippen LogP contribution in [0, 0.1) is 17.2 Å². The molecule has 2 rings (SSSR count). The quantitative estimate of drug-likeness (QED) is 0.843. The molecule has 1 amide bonds. The molecule has 21 heavy (non-hydrogen) atoms. The van der Waals surface area contributed by atoms with Crippen molar-refractivity contribution < 1.29 is 14.3 Å². The third-order valence-electron chi connectivity index (χ3n) is 3.20. The molecule has 0 bridgehead atoms. The number of amides is 1. The Hall–Kier alpha value is -1.87. The molecule has 0 fully saturated rings. The van der Waals surface area contributed by atoms with Crippen molar-refractivity contribution in [2.45, 2.75) is 25.8 Å². The van der Waals surface area contributed by atoms with Crippen molar-refractivity contribution in [1.29, 1.82) is 5.26 Å². The zero-order valence-electron chi connectivity index (χ0n) is 11.7. The summed E-state index contributed by atoms with van der Waals surface area (Å²) >= 11 is 3.35. The van der Waals surface area contributed by atoms with E-state index in [1.54, 1.807) is 32.0 Å². The van der Waals surface area contributed by atoms with Crippen LogP contribution < -0.4 is 10.1 Å². The predicted molar refractivity (Wildman–Crippen MR) is 79.8 cm³/mol. The molecule has 2 atom stereocenters. The number of Topliss-reactive ketones (excluding diaryl/α,β-unsaturated/α-hetero) is 1. The number of benzene rings is 1. The summed E-state index contributed by atoms with van der Waals surface area (Å²) in [7, 11) is 0. The number of nitrogens with one attached hydrogen (secondary N) is 1. The van der Waals surface area contributed by atoms with Gasteiger partial charge in [-0.15, -0.1) is 0 Å². The van der Waals surface area contributed by atoms with Crippen LogP contribution in [0.3, 0.4) is 0 Å². The first-order valence-electron chi connectivity index (χ1n) is 6.60. The van der Waals surface area contributed by atoms with E-state index >= 15 is 0 Å². The molecule has 1 aromatic carbocycles. The summed E-state index contributed by atoms with van der Waals surface area (Å²) in [6.07, 6.45) is 0. The Morgan fingerprint density at radius 3 is 2.81 bits per heavy atom. The minimum atomic E-state index is -1.31. The highest BCUT2D eigenvalue weighted by Gasteiger charge is 2.38. The molecule has 5 nitrogen and oxygen atoms in total. The molecule has 1 N–H and O–H groups in total. The van der Waals surface area contributed by atoms with E-state index in [1.165, 1.54) is 0 Å². The van der Waals surface area contributed by atoms with Gasteiger partial charge in [-0.25, -0.2) is 0 Å². The molecule has 1 aliphatic heterocycles. The smallest absolute Gasteiger partial charge is 0.245 e. The number of halogens is 1. The van der Waals surface area contributed by atoms with Crippen LogP contribution in [0.4, 0.5) is 0 Å². The van der Waals surface area contributed by atoms with Gasteiger partial charge < -0.3 is 10.1 Å². The molecule has 1 aliphatic rings. The highest BCUT2D eigenvalue weighted by atomic mass is 79.9. The highest BCUT2D eigenvalue weighted by Crippen LogP contribution is 2.37. The average molecular weight is 351 g/mol. The first-order valence-corrected chi connectivity index (χ1v) is 7.39. The van der Waals surface area contributed by atoms with Crippen molar-refractivity contribution in [1.82, 2.24) is 5.32 Å². The number of carbonyl (C=O) groups excluding carboxylic acids is 2. The van der Waals surface area contributed by atoms with Gasteiger partial charge >= 0.3 is 0 Å². The fraction of sp³-hybridized carbons (Fsp3) is 0.400. The van der Waals surface area contributed by atoms with Gasteiger partial charge in [0.05, 0.1) is 12.0 Å². The Morgan fingerprint density at radius 1 is 1.48 bits per heavy atom. The number of nitriles is 1. The predicted octanol–water partition coefficient (Wildman–Crippen LogP) is 2.16. The van der Waals surface area contributed by atoms with E-state index in [2.05, 4.69) is 21.2 Å². The number of carbonyl (C=O) groups is 2. The topological polar surface area (TPSA) is 79.2 Å². The Bertz CT molecular complexity index is 622. The SMILES string of the molecule is CC(C)NC(=O)[C@@H](C#N)C(=O)[C@@H]1COc2ccc(Br)cc21. The first-order chi connectivity index (χ1) is 9.93. The lowest BCUT2D eigenvalue weighted by molar-refractivity contribution is -0.132. The second-order valence-electron chi connectivity index (χ2n) is 5.17. The molecule has 0 saturated heterocycles. The molecular weight excluding hydrogens is 336 g/mol. The van der Waals surface area contributed by atoms with Crippen LogP contribution in [0.15, 0.2) is 22.7 Å². The molecule has 0 spiro atoms. The third kappa shape index (κ3) is 3.24. The molecule has 0 aromatic heterocycles. The Balaban J connectivity index is 2.23. The van der Waals surface area contributed by atoms with Crippen LogP contribution in [0.2, 0.25) is 0 Å². The standard InChI is InChI=1S/C15H15BrN2O3/c1-8(2)18-15(20)11(6-17)14(19)12-7-21-13-4-3-9(16)5-10(12)13/h3-5,8,11-12H,7H2,1-2H3,(H,18,20)/t11-,12+/m0/s1. The molecule has 0 aliphatic carbocycles. The summed E-state index contributed by atoms with van der Waals surface area (Å²) in [4.78, 5) is 24.5. The average Bonchev–Trinajstić information content (AvgIpc) is 2.81. The van der Waals surface area contributed by atoms with Crippen molar-refractivity contribution in [3.63, 3.8) is 0 Å². The fourth-order valence-corrected chi connectivity index (χ4v) is 2.62. The van der Waals surface area contributed by atoms with E-state index in [1.807, 2.05) is 6.07 Å². The minimum Gasteiger partial charge on any atom is -0.492 e. The van der Waals surface area contributed by atoms with Crippen LogP contribution in [0.25, 0.3) is 0 Å². The maximum absolute atomic E-state index is 12.5. The number of ether oxygens (including phenoxy) is 1. The minimum absolute atomic E-state index is 0.123. The molecular formula is C15H15BrN2O3. The van der Waals surface area contributed by atoms with Crippen LogP contribution in [0.1, 0.15) is 25.3 Å². The number of hydrogen-bond acceptors (Lipinski definition) is 4. The first kappa shape index (κ1) is 15.5. The van der Waals surface area contributed by atoms with E-state index in [4.69, 9.17) is 10.00 Å². The molecule has 1 heterocycles. The molecule has 110 valence electrons. The molecule has 0 saturated carbocycles. The lowest BCUT2D eigenvalue weighted by atomic mass is 9.89. The molecule has 0 radical (unpaired) electrons. The Morgan fingerprint density at radius 2 is 2.19 bits per heavy atom. The zero-order valence-corrected chi connectivity index (χ0v) is 13.3. The van der Waals surface area contributed by atoms with E-state index in [0.29, 0.717) is 11.3 Å². The molecule has 0 unspecified atom stereocenters. The Kier molecular flexibility index (Phi) is 4.63. The van der Waals surface area contributed by atoms with Gasteiger partial charge in [0, 0.05) is 16.1 Å².